The predicted molar refractivity (Wildman–Crippen MR) is 118 cm³/mol. The first kappa shape index (κ1) is 21.8. The number of rotatable bonds is 7. The molecule has 0 saturated heterocycles. The van der Waals surface area contributed by atoms with Gasteiger partial charge in [-0.3, -0.25) is 14.3 Å². The number of hydrogen-bond acceptors (Lipinski definition) is 4. The number of carbonyl (C=O) groups excluding carboxylic acids is 2. The minimum Gasteiger partial charge on any atom is -0.326 e. The number of sulfonamides is 1. The van der Waals surface area contributed by atoms with Crippen LogP contribution in [0.2, 0.25) is 0 Å². The lowest BCUT2D eigenvalue weighted by Gasteiger charge is -2.31. The molecule has 2 aromatic rings. The van der Waals surface area contributed by atoms with Crippen molar-refractivity contribution in [1.29, 1.82) is 0 Å². The quantitative estimate of drug-likeness (QED) is 0.700. The van der Waals surface area contributed by atoms with Crippen molar-refractivity contribution in [2.75, 3.05) is 21.5 Å². The van der Waals surface area contributed by atoms with Crippen LogP contribution in [0.3, 0.4) is 0 Å². The maximum absolute atomic E-state index is 12.8. The molecule has 2 N–H and O–H groups in total. The molecule has 0 atom stereocenters. The molecule has 30 heavy (non-hydrogen) atoms. The Morgan fingerprint density at radius 3 is 2.37 bits per heavy atom. The number of benzene rings is 2. The van der Waals surface area contributed by atoms with Gasteiger partial charge in [0, 0.05) is 36.4 Å². The van der Waals surface area contributed by atoms with Gasteiger partial charge in [-0.25, -0.2) is 8.42 Å². The second kappa shape index (κ2) is 8.87. The topological polar surface area (TPSA) is 95.6 Å². The van der Waals surface area contributed by atoms with Gasteiger partial charge < -0.3 is 10.2 Å². The zero-order valence-electron chi connectivity index (χ0n) is 17.4. The van der Waals surface area contributed by atoms with Crippen molar-refractivity contribution in [1.82, 2.24) is 0 Å². The predicted octanol–water partition coefficient (Wildman–Crippen LogP) is 3.77. The summed E-state index contributed by atoms with van der Waals surface area (Å²) in [6.45, 7) is 6.50. The van der Waals surface area contributed by atoms with Gasteiger partial charge in [-0.15, -0.1) is 0 Å². The van der Waals surface area contributed by atoms with E-state index >= 15 is 0 Å². The summed E-state index contributed by atoms with van der Waals surface area (Å²) < 4.78 is 28.1. The Morgan fingerprint density at radius 1 is 1.07 bits per heavy atom. The summed E-state index contributed by atoms with van der Waals surface area (Å²) in [7, 11) is -3.78. The number of nitrogens with one attached hydrogen (secondary N) is 2. The van der Waals surface area contributed by atoms with Gasteiger partial charge in [-0.2, -0.15) is 0 Å². The molecule has 1 aliphatic rings. The van der Waals surface area contributed by atoms with Crippen molar-refractivity contribution < 1.29 is 18.0 Å². The fraction of sp³-hybridized carbons (Fsp3) is 0.364. The second-order valence-corrected chi connectivity index (χ2v) is 9.46. The van der Waals surface area contributed by atoms with Crippen LogP contribution in [0.15, 0.2) is 47.4 Å². The highest BCUT2D eigenvalue weighted by molar-refractivity contribution is 7.92. The van der Waals surface area contributed by atoms with E-state index in [1.165, 1.54) is 12.1 Å². The molecule has 0 aliphatic carbocycles. The van der Waals surface area contributed by atoms with Crippen LogP contribution >= 0.6 is 0 Å². The Balaban J connectivity index is 1.79. The molecule has 3 rings (SSSR count). The third-order valence-corrected chi connectivity index (χ3v) is 6.25. The SMILES string of the molecule is CCC(=O)Nc1ccc(S(=O)(=O)Nc2ccc3c(c2)CCC(=O)N3CC(C)C)cc1. The number of carbonyl (C=O) groups is 2. The molecule has 2 aromatic carbocycles. The summed E-state index contributed by atoms with van der Waals surface area (Å²) in [5, 5.41) is 2.69. The molecule has 1 heterocycles. The lowest BCUT2D eigenvalue weighted by atomic mass is 9.99. The Morgan fingerprint density at radius 2 is 1.73 bits per heavy atom. The zero-order chi connectivity index (χ0) is 21.9. The standard InChI is InChI=1S/C22H27N3O4S/c1-4-21(26)23-17-6-9-19(10-7-17)30(28,29)24-18-8-11-20-16(13-18)5-12-22(27)25(20)14-15(2)3/h6-11,13,15,24H,4-5,12,14H2,1-3H3,(H,23,26). The molecule has 2 amide bonds. The largest absolute Gasteiger partial charge is 0.326 e. The summed E-state index contributed by atoms with van der Waals surface area (Å²) in [6, 6.07) is 11.3. The van der Waals surface area contributed by atoms with Gasteiger partial charge in [0.05, 0.1) is 4.90 Å². The van der Waals surface area contributed by atoms with E-state index in [0.717, 1.165) is 11.3 Å². The highest BCUT2D eigenvalue weighted by Crippen LogP contribution is 2.31. The van der Waals surface area contributed by atoms with E-state index in [4.69, 9.17) is 0 Å². The number of anilines is 3. The maximum Gasteiger partial charge on any atom is 0.261 e. The molecule has 0 saturated carbocycles. The Labute approximate surface area is 177 Å². The fourth-order valence-electron chi connectivity index (χ4n) is 3.37. The Hall–Kier alpha value is -2.87. The van der Waals surface area contributed by atoms with Crippen LogP contribution in [-0.2, 0) is 26.0 Å². The zero-order valence-corrected chi connectivity index (χ0v) is 18.3. The Kier molecular flexibility index (Phi) is 6.45. The van der Waals surface area contributed by atoms with E-state index in [9.17, 15) is 18.0 Å². The average Bonchev–Trinajstić information content (AvgIpc) is 2.70. The lowest BCUT2D eigenvalue weighted by Crippen LogP contribution is -2.37. The van der Waals surface area contributed by atoms with Crippen LogP contribution in [0.5, 0.6) is 0 Å². The molecule has 8 heteroatoms. The number of aryl methyl sites for hydroxylation is 1. The third kappa shape index (κ3) is 4.99. The molecular weight excluding hydrogens is 402 g/mol. The van der Waals surface area contributed by atoms with Gasteiger partial charge in [0.25, 0.3) is 10.0 Å². The number of hydrogen-bond donors (Lipinski definition) is 2. The summed E-state index contributed by atoms with van der Waals surface area (Å²) in [4.78, 5) is 25.6. The first-order valence-corrected chi connectivity index (χ1v) is 11.5. The normalized spacial score (nSPS) is 13.9. The summed E-state index contributed by atoms with van der Waals surface area (Å²) in [6.07, 6.45) is 1.35. The maximum atomic E-state index is 12.8. The van der Waals surface area contributed by atoms with Crippen LogP contribution < -0.4 is 14.9 Å². The molecule has 1 aliphatic heterocycles. The second-order valence-electron chi connectivity index (χ2n) is 7.77. The van der Waals surface area contributed by atoms with Gasteiger partial charge in [-0.05, 0) is 60.4 Å². The molecule has 7 nitrogen and oxygen atoms in total. The smallest absolute Gasteiger partial charge is 0.261 e. The highest BCUT2D eigenvalue weighted by Gasteiger charge is 2.25. The summed E-state index contributed by atoms with van der Waals surface area (Å²) in [5.41, 5.74) is 2.80. The number of nitrogens with zero attached hydrogens (tertiary/aromatic N) is 1. The van der Waals surface area contributed by atoms with Gasteiger partial charge in [-0.1, -0.05) is 20.8 Å². The minimum atomic E-state index is -3.78. The third-order valence-electron chi connectivity index (χ3n) is 4.85. The first-order valence-electron chi connectivity index (χ1n) is 10.1. The molecule has 160 valence electrons. The average molecular weight is 430 g/mol. The van der Waals surface area contributed by atoms with Crippen LogP contribution in [0, 0.1) is 5.92 Å². The first-order chi connectivity index (χ1) is 14.2. The molecule has 0 unspecified atom stereocenters. The van der Waals surface area contributed by atoms with E-state index in [1.54, 1.807) is 42.2 Å². The molecule has 0 bridgehead atoms. The van der Waals surface area contributed by atoms with Crippen molar-refractivity contribution in [2.24, 2.45) is 5.92 Å². The minimum absolute atomic E-state index is 0.0970. The molecular formula is C22H27N3O4S. The van der Waals surface area contributed by atoms with E-state index < -0.39 is 10.0 Å². The monoisotopic (exact) mass is 429 g/mol. The van der Waals surface area contributed by atoms with Crippen molar-refractivity contribution in [3.8, 4) is 0 Å². The van der Waals surface area contributed by atoms with E-state index in [2.05, 4.69) is 23.9 Å². The summed E-state index contributed by atoms with van der Waals surface area (Å²) >= 11 is 0. The van der Waals surface area contributed by atoms with E-state index in [1.807, 2.05) is 0 Å². The molecule has 0 fully saturated rings. The number of fused-ring (bicyclic) bond motifs is 1. The fourth-order valence-corrected chi connectivity index (χ4v) is 4.42. The van der Waals surface area contributed by atoms with Crippen molar-refractivity contribution >= 4 is 38.9 Å². The van der Waals surface area contributed by atoms with Crippen LogP contribution in [0.25, 0.3) is 0 Å². The van der Waals surface area contributed by atoms with Crippen molar-refractivity contribution in [3.05, 3.63) is 48.0 Å². The molecule has 0 spiro atoms. The van der Waals surface area contributed by atoms with Crippen LogP contribution in [0.4, 0.5) is 17.1 Å². The van der Waals surface area contributed by atoms with E-state index in [0.29, 0.717) is 43.1 Å². The lowest BCUT2D eigenvalue weighted by molar-refractivity contribution is -0.119. The van der Waals surface area contributed by atoms with Crippen molar-refractivity contribution in [3.63, 3.8) is 0 Å². The van der Waals surface area contributed by atoms with Gasteiger partial charge in [0.2, 0.25) is 11.8 Å². The number of amides is 2. The van der Waals surface area contributed by atoms with Crippen LogP contribution in [0.1, 0.15) is 39.2 Å². The molecule has 0 aromatic heterocycles. The van der Waals surface area contributed by atoms with Gasteiger partial charge in [0.1, 0.15) is 0 Å². The molecule has 0 radical (unpaired) electrons. The van der Waals surface area contributed by atoms with Crippen LogP contribution in [-0.4, -0.2) is 26.8 Å². The Bertz CT molecular complexity index is 1050. The summed E-state index contributed by atoms with van der Waals surface area (Å²) in [5.74, 6) is 0.297. The van der Waals surface area contributed by atoms with E-state index in [-0.39, 0.29) is 16.7 Å². The highest BCUT2D eigenvalue weighted by atomic mass is 32.2. The van der Waals surface area contributed by atoms with Crippen molar-refractivity contribution in [2.45, 2.75) is 44.9 Å². The van der Waals surface area contributed by atoms with Gasteiger partial charge >= 0.3 is 0 Å². The van der Waals surface area contributed by atoms with Gasteiger partial charge in [0.15, 0.2) is 0 Å².